The smallest absolute Gasteiger partial charge is 0.417 e. The molecule has 0 aliphatic rings. The van der Waals surface area contributed by atoms with E-state index in [0.717, 1.165) is 6.07 Å². The maximum atomic E-state index is 14.9. The molecule has 0 saturated heterocycles. The Kier molecular flexibility index (Phi) is 7.37. The SMILES string of the molecule is COC(=O)COc1ncc(NC(=O)c2cc(-c3ccn(C)n3)c(C(F)(F)F)cc2F)c(-c2ccccc2)n1. The van der Waals surface area contributed by atoms with E-state index in [0.29, 0.717) is 5.56 Å². The number of aromatic nitrogens is 4. The molecule has 4 rings (SSSR count). The standard InChI is InChI=1S/C25H19F4N5O4/c1-34-9-8-19(33-34)15-10-16(18(26)11-17(15)25(27,28)29)23(36)31-20-12-30-24(38-13-21(35)37-2)32-22(20)14-6-4-3-5-7-14/h3-12H,13H2,1-2H3,(H,31,36). The highest BCUT2D eigenvalue weighted by atomic mass is 19.4. The molecule has 0 aliphatic heterocycles. The van der Waals surface area contributed by atoms with Crippen molar-refractivity contribution in [3.63, 3.8) is 0 Å². The number of anilines is 1. The molecule has 0 radical (unpaired) electrons. The molecule has 0 unspecified atom stereocenters. The molecule has 38 heavy (non-hydrogen) atoms. The van der Waals surface area contributed by atoms with Gasteiger partial charge in [0.05, 0.1) is 35.8 Å². The Balaban J connectivity index is 1.73. The molecule has 2 heterocycles. The number of carbonyl (C=O) groups excluding carboxylic acids is 2. The number of nitrogens with one attached hydrogen (secondary N) is 1. The highest BCUT2D eigenvalue weighted by molar-refractivity contribution is 6.06. The van der Waals surface area contributed by atoms with Gasteiger partial charge in [0.15, 0.2) is 6.61 Å². The zero-order valence-corrected chi connectivity index (χ0v) is 19.9. The van der Waals surface area contributed by atoms with E-state index in [4.69, 9.17) is 4.74 Å². The molecule has 9 nitrogen and oxygen atoms in total. The summed E-state index contributed by atoms with van der Waals surface area (Å²) in [6.07, 6.45) is -2.30. The number of aryl methyl sites for hydroxylation is 1. The van der Waals surface area contributed by atoms with Crippen molar-refractivity contribution in [2.45, 2.75) is 6.18 Å². The quantitative estimate of drug-likeness (QED) is 0.277. The molecule has 1 N–H and O–H groups in total. The largest absolute Gasteiger partial charge is 0.466 e. The first-order chi connectivity index (χ1) is 18.1. The van der Waals surface area contributed by atoms with Crippen molar-refractivity contribution in [3.8, 4) is 28.5 Å². The molecule has 1 amide bonds. The van der Waals surface area contributed by atoms with Gasteiger partial charge in [0, 0.05) is 24.4 Å². The molecule has 2 aromatic carbocycles. The van der Waals surface area contributed by atoms with Gasteiger partial charge in [-0.15, -0.1) is 0 Å². The highest BCUT2D eigenvalue weighted by Gasteiger charge is 2.36. The molecule has 4 aromatic rings. The second-order valence-electron chi connectivity index (χ2n) is 7.85. The summed E-state index contributed by atoms with van der Waals surface area (Å²) in [5.74, 6) is -3.10. The number of benzene rings is 2. The topological polar surface area (TPSA) is 108 Å². The van der Waals surface area contributed by atoms with Crippen LogP contribution in [0.4, 0.5) is 23.2 Å². The van der Waals surface area contributed by atoms with Gasteiger partial charge in [-0.25, -0.2) is 14.2 Å². The third-order valence-corrected chi connectivity index (χ3v) is 5.26. The third kappa shape index (κ3) is 5.77. The van der Waals surface area contributed by atoms with E-state index in [1.54, 1.807) is 30.3 Å². The van der Waals surface area contributed by atoms with Crippen LogP contribution in [0, 0.1) is 5.82 Å². The minimum absolute atomic E-state index is 0.0188. The average Bonchev–Trinajstić information content (AvgIpc) is 3.33. The fourth-order valence-corrected chi connectivity index (χ4v) is 3.47. The lowest BCUT2D eigenvalue weighted by molar-refractivity contribution is -0.143. The van der Waals surface area contributed by atoms with Crippen LogP contribution in [0.2, 0.25) is 0 Å². The number of methoxy groups -OCH3 is 1. The summed E-state index contributed by atoms with van der Waals surface area (Å²) >= 11 is 0. The lowest BCUT2D eigenvalue weighted by Gasteiger charge is -2.15. The van der Waals surface area contributed by atoms with Gasteiger partial charge in [-0.1, -0.05) is 30.3 Å². The van der Waals surface area contributed by atoms with Gasteiger partial charge in [-0.2, -0.15) is 23.3 Å². The molecular weight excluding hydrogens is 510 g/mol. The predicted octanol–water partition coefficient (Wildman–Crippen LogP) is 4.51. The molecule has 2 aromatic heterocycles. The molecule has 196 valence electrons. The van der Waals surface area contributed by atoms with Crippen molar-refractivity contribution in [2.75, 3.05) is 19.0 Å². The van der Waals surface area contributed by atoms with Crippen LogP contribution in [0.5, 0.6) is 6.01 Å². The third-order valence-electron chi connectivity index (χ3n) is 5.26. The fraction of sp³-hybridized carbons (Fsp3) is 0.160. The Morgan fingerprint density at radius 3 is 2.47 bits per heavy atom. The van der Waals surface area contributed by atoms with Gasteiger partial charge in [0.2, 0.25) is 0 Å². The summed E-state index contributed by atoms with van der Waals surface area (Å²) in [5.41, 5.74) is -1.79. The van der Waals surface area contributed by atoms with Crippen molar-refractivity contribution in [1.82, 2.24) is 19.7 Å². The summed E-state index contributed by atoms with van der Waals surface area (Å²) in [5, 5.41) is 6.42. The summed E-state index contributed by atoms with van der Waals surface area (Å²) in [4.78, 5) is 32.7. The van der Waals surface area contributed by atoms with Crippen molar-refractivity contribution in [3.05, 3.63) is 77.9 Å². The first-order valence-corrected chi connectivity index (χ1v) is 10.9. The molecule has 0 fully saturated rings. The van der Waals surface area contributed by atoms with Crippen molar-refractivity contribution < 1.29 is 36.6 Å². The zero-order chi connectivity index (χ0) is 27.4. The molecule has 0 spiro atoms. The average molecular weight is 529 g/mol. The monoisotopic (exact) mass is 529 g/mol. The summed E-state index contributed by atoms with van der Waals surface area (Å²) in [6.45, 7) is -0.469. The first-order valence-electron chi connectivity index (χ1n) is 10.9. The van der Waals surface area contributed by atoms with Crippen molar-refractivity contribution >= 4 is 17.6 Å². The second kappa shape index (κ2) is 10.7. The van der Waals surface area contributed by atoms with Gasteiger partial charge in [0.25, 0.3) is 5.91 Å². The molecule has 0 bridgehead atoms. The van der Waals surface area contributed by atoms with Crippen LogP contribution in [0.3, 0.4) is 0 Å². The number of hydrogen-bond donors (Lipinski definition) is 1. The van der Waals surface area contributed by atoms with Crippen LogP contribution in [-0.4, -0.2) is 45.3 Å². The lowest BCUT2D eigenvalue weighted by Crippen LogP contribution is -2.18. The Morgan fingerprint density at radius 2 is 1.84 bits per heavy atom. The number of nitrogens with zero attached hydrogens (tertiary/aromatic N) is 4. The number of halogens is 4. The van der Waals surface area contributed by atoms with Crippen LogP contribution in [-0.2, 0) is 22.8 Å². The minimum atomic E-state index is -4.89. The van der Waals surface area contributed by atoms with Crippen molar-refractivity contribution in [2.24, 2.45) is 7.05 Å². The number of hydrogen-bond acceptors (Lipinski definition) is 7. The second-order valence-corrected chi connectivity index (χ2v) is 7.85. The van der Waals surface area contributed by atoms with Gasteiger partial charge in [-0.3, -0.25) is 9.48 Å². The molecule has 0 aliphatic carbocycles. The number of rotatable bonds is 7. The van der Waals surface area contributed by atoms with Crippen LogP contribution in [0.15, 0.2) is 60.9 Å². The van der Waals surface area contributed by atoms with Crippen LogP contribution < -0.4 is 10.1 Å². The van der Waals surface area contributed by atoms with E-state index < -0.39 is 47.2 Å². The number of alkyl halides is 3. The number of carbonyl (C=O) groups is 2. The first kappa shape index (κ1) is 26.3. The number of amides is 1. The summed E-state index contributed by atoms with van der Waals surface area (Å²) in [6, 6.07) is 10.7. The minimum Gasteiger partial charge on any atom is -0.466 e. The Morgan fingerprint density at radius 1 is 1.11 bits per heavy atom. The number of esters is 1. The fourth-order valence-electron chi connectivity index (χ4n) is 3.47. The normalized spacial score (nSPS) is 11.2. The molecular formula is C25H19F4N5O4. The van der Waals surface area contributed by atoms with Crippen LogP contribution >= 0.6 is 0 Å². The molecule has 0 atom stereocenters. The Bertz CT molecular complexity index is 1490. The predicted molar refractivity (Wildman–Crippen MR) is 127 cm³/mol. The van der Waals surface area contributed by atoms with E-state index in [1.807, 2.05) is 0 Å². The maximum absolute atomic E-state index is 14.9. The maximum Gasteiger partial charge on any atom is 0.417 e. The lowest BCUT2D eigenvalue weighted by atomic mass is 9.99. The van der Waals surface area contributed by atoms with E-state index in [-0.39, 0.29) is 29.2 Å². The van der Waals surface area contributed by atoms with E-state index in [9.17, 15) is 27.2 Å². The van der Waals surface area contributed by atoms with Gasteiger partial charge in [-0.05, 0) is 18.2 Å². The van der Waals surface area contributed by atoms with Crippen molar-refractivity contribution in [1.29, 1.82) is 0 Å². The molecule has 13 heteroatoms. The summed E-state index contributed by atoms with van der Waals surface area (Å²) in [7, 11) is 2.69. The van der Waals surface area contributed by atoms with E-state index >= 15 is 0 Å². The summed E-state index contributed by atoms with van der Waals surface area (Å²) < 4.78 is 66.8. The van der Waals surface area contributed by atoms with Gasteiger partial charge < -0.3 is 14.8 Å². The van der Waals surface area contributed by atoms with Crippen LogP contribution in [0.25, 0.3) is 22.5 Å². The Hall–Kier alpha value is -4.81. The van der Waals surface area contributed by atoms with E-state index in [2.05, 4.69) is 25.1 Å². The number of ether oxygens (including phenoxy) is 2. The van der Waals surface area contributed by atoms with Crippen LogP contribution in [0.1, 0.15) is 15.9 Å². The Labute approximate surface area is 213 Å². The highest BCUT2D eigenvalue weighted by Crippen LogP contribution is 2.38. The molecule has 0 saturated carbocycles. The van der Waals surface area contributed by atoms with Gasteiger partial charge in [0.1, 0.15) is 11.5 Å². The van der Waals surface area contributed by atoms with E-state index in [1.165, 1.54) is 37.3 Å². The zero-order valence-electron chi connectivity index (χ0n) is 19.9. The van der Waals surface area contributed by atoms with Gasteiger partial charge >= 0.3 is 18.2 Å².